The molecule has 1 atom stereocenters. The van der Waals surface area contributed by atoms with E-state index in [0.29, 0.717) is 17.8 Å². The molecule has 46 heavy (non-hydrogen) atoms. The lowest BCUT2D eigenvalue weighted by Crippen LogP contribution is -2.50. The van der Waals surface area contributed by atoms with Gasteiger partial charge in [-0.05, 0) is 67.5 Å². The number of nitrogens with zero attached hydrogens (tertiary/aromatic N) is 7. The molecule has 0 radical (unpaired) electrons. The SMILES string of the molecule is C[C@H](c1ccc(F)cc1)n1nnc2c(-c3ccc4c(c3)OC(F)(F)C(=O)N4Cc3ncc(F)cn3)c(C(N)=O)c(CC3CC3)nc21. The minimum atomic E-state index is -4.25. The van der Waals surface area contributed by atoms with Crippen molar-refractivity contribution in [2.45, 2.75) is 44.9 Å². The number of amides is 2. The maximum absolute atomic E-state index is 14.9. The number of ether oxygens (including phenoxy) is 1. The van der Waals surface area contributed by atoms with Gasteiger partial charge in [-0.2, -0.15) is 8.78 Å². The number of primary amides is 1. The van der Waals surface area contributed by atoms with Crippen LogP contribution in [0.2, 0.25) is 0 Å². The zero-order valence-electron chi connectivity index (χ0n) is 24.1. The second-order valence-corrected chi connectivity index (χ2v) is 11.3. The number of halogens is 4. The summed E-state index contributed by atoms with van der Waals surface area (Å²) < 4.78 is 63.3. The van der Waals surface area contributed by atoms with E-state index in [9.17, 15) is 27.2 Å². The number of rotatable bonds is 8. The summed E-state index contributed by atoms with van der Waals surface area (Å²) in [7, 11) is 0. The highest BCUT2D eigenvalue weighted by atomic mass is 19.3. The summed E-state index contributed by atoms with van der Waals surface area (Å²) in [5, 5.41) is 8.65. The average molecular weight is 633 g/mol. The Morgan fingerprint density at radius 1 is 1.09 bits per heavy atom. The van der Waals surface area contributed by atoms with E-state index in [1.165, 1.54) is 30.3 Å². The van der Waals surface area contributed by atoms with Gasteiger partial charge in [0.2, 0.25) is 0 Å². The highest BCUT2D eigenvalue weighted by Crippen LogP contribution is 2.44. The third-order valence-corrected chi connectivity index (χ3v) is 8.08. The number of fused-ring (bicyclic) bond motifs is 2. The van der Waals surface area contributed by atoms with Gasteiger partial charge in [-0.3, -0.25) is 14.5 Å². The third-order valence-electron chi connectivity index (χ3n) is 8.08. The maximum Gasteiger partial charge on any atom is 0.482 e. The number of benzene rings is 2. The molecule has 2 aromatic carbocycles. The van der Waals surface area contributed by atoms with E-state index in [2.05, 4.69) is 20.3 Å². The molecule has 15 heteroatoms. The van der Waals surface area contributed by atoms with E-state index >= 15 is 0 Å². The highest BCUT2D eigenvalue weighted by Gasteiger charge is 2.51. The number of alkyl halides is 2. The zero-order valence-corrected chi connectivity index (χ0v) is 24.1. The van der Waals surface area contributed by atoms with E-state index in [1.54, 1.807) is 16.8 Å². The van der Waals surface area contributed by atoms with E-state index in [0.717, 1.165) is 35.7 Å². The van der Waals surface area contributed by atoms with Gasteiger partial charge in [0.15, 0.2) is 17.2 Å². The lowest BCUT2D eigenvalue weighted by atomic mass is 9.94. The first-order valence-electron chi connectivity index (χ1n) is 14.3. The van der Waals surface area contributed by atoms with Crippen molar-refractivity contribution in [3.63, 3.8) is 0 Å². The van der Waals surface area contributed by atoms with Crippen molar-refractivity contribution in [2.75, 3.05) is 4.90 Å². The van der Waals surface area contributed by atoms with E-state index in [1.807, 2.05) is 6.92 Å². The van der Waals surface area contributed by atoms with E-state index in [4.69, 9.17) is 15.5 Å². The second-order valence-electron chi connectivity index (χ2n) is 11.3. The van der Waals surface area contributed by atoms with Gasteiger partial charge in [0.1, 0.15) is 17.2 Å². The number of carbonyl (C=O) groups is 2. The maximum atomic E-state index is 14.9. The van der Waals surface area contributed by atoms with Crippen LogP contribution in [0.5, 0.6) is 5.75 Å². The molecule has 0 saturated heterocycles. The molecule has 0 unspecified atom stereocenters. The molecule has 4 heterocycles. The first kappa shape index (κ1) is 29.3. The number of hydrogen-bond donors (Lipinski definition) is 1. The molecule has 1 aliphatic carbocycles. The Labute approximate surface area is 258 Å². The van der Waals surface area contributed by atoms with Gasteiger partial charge in [0, 0.05) is 5.56 Å². The van der Waals surface area contributed by atoms with Crippen LogP contribution in [0, 0.1) is 17.6 Å². The van der Waals surface area contributed by atoms with Crippen LogP contribution in [0.15, 0.2) is 54.9 Å². The third kappa shape index (κ3) is 5.16. The van der Waals surface area contributed by atoms with E-state index < -0.39 is 42.1 Å². The summed E-state index contributed by atoms with van der Waals surface area (Å²) in [5.41, 5.74) is 8.02. The fourth-order valence-corrected chi connectivity index (χ4v) is 5.58. The number of anilines is 1. The second kappa shape index (κ2) is 10.9. The first-order valence-corrected chi connectivity index (χ1v) is 14.3. The van der Waals surface area contributed by atoms with Gasteiger partial charge in [0.05, 0.1) is 41.9 Å². The minimum Gasteiger partial charge on any atom is -0.423 e. The molecule has 1 aliphatic heterocycles. The van der Waals surface area contributed by atoms with Crippen LogP contribution in [0.25, 0.3) is 22.3 Å². The minimum absolute atomic E-state index is 0.0229. The van der Waals surface area contributed by atoms with Gasteiger partial charge in [-0.25, -0.2) is 28.4 Å². The average Bonchev–Trinajstić information content (AvgIpc) is 3.74. The molecule has 11 nitrogen and oxygen atoms in total. The molecule has 5 aromatic rings. The van der Waals surface area contributed by atoms with Crippen molar-refractivity contribution in [1.29, 1.82) is 0 Å². The lowest BCUT2D eigenvalue weighted by Gasteiger charge is -2.33. The lowest BCUT2D eigenvalue weighted by molar-refractivity contribution is -0.193. The smallest absolute Gasteiger partial charge is 0.423 e. The van der Waals surface area contributed by atoms with E-state index in [-0.39, 0.29) is 45.4 Å². The molecule has 3 aromatic heterocycles. The predicted octanol–water partition coefficient (Wildman–Crippen LogP) is 4.74. The quantitative estimate of drug-likeness (QED) is 0.242. The number of carbonyl (C=O) groups excluding carboxylic acids is 2. The Morgan fingerprint density at radius 3 is 2.48 bits per heavy atom. The largest absolute Gasteiger partial charge is 0.482 e. The fraction of sp³-hybridized carbons (Fsp3) is 0.258. The molecule has 0 bridgehead atoms. The summed E-state index contributed by atoms with van der Waals surface area (Å²) in [5.74, 6) is -3.75. The molecular formula is C31H24F4N8O3. The Kier molecular flexibility index (Phi) is 6.90. The Morgan fingerprint density at radius 2 is 1.80 bits per heavy atom. The molecule has 2 N–H and O–H groups in total. The molecule has 7 rings (SSSR count). The van der Waals surface area contributed by atoms with Crippen molar-refractivity contribution in [3.05, 3.63) is 89.1 Å². The molecule has 0 spiro atoms. The summed E-state index contributed by atoms with van der Waals surface area (Å²) >= 11 is 0. The Balaban J connectivity index is 1.39. The molecule has 1 fully saturated rings. The van der Waals surface area contributed by atoms with Gasteiger partial charge >= 0.3 is 12.0 Å². The van der Waals surface area contributed by atoms with Crippen LogP contribution < -0.4 is 15.4 Å². The number of pyridine rings is 1. The normalized spacial score (nSPS) is 16.3. The summed E-state index contributed by atoms with van der Waals surface area (Å²) in [6.45, 7) is 1.34. The summed E-state index contributed by atoms with van der Waals surface area (Å²) in [6, 6.07) is 9.59. The predicted molar refractivity (Wildman–Crippen MR) is 155 cm³/mol. The van der Waals surface area contributed by atoms with Crippen molar-refractivity contribution >= 4 is 28.7 Å². The zero-order chi connectivity index (χ0) is 32.3. The van der Waals surface area contributed by atoms with Crippen LogP contribution in [0.1, 0.15) is 53.2 Å². The van der Waals surface area contributed by atoms with Gasteiger partial charge in [-0.15, -0.1) is 5.10 Å². The number of nitrogens with two attached hydrogens (primary N) is 1. The van der Waals surface area contributed by atoms with Crippen molar-refractivity contribution in [1.82, 2.24) is 29.9 Å². The van der Waals surface area contributed by atoms with Crippen LogP contribution in [-0.4, -0.2) is 47.9 Å². The summed E-state index contributed by atoms with van der Waals surface area (Å²) in [4.78, 5) is 38.8. The fourth-order valence-electron chi connectivity index (χ4n) is 5.58. The molecule has 2 aliphatic rings. The van der Waals surface area contributed by atoms with Crippen LogP contribution >= 0.6 is 0 Å². The van der Waals surface area contributed by atoms with Crippen molar-refractivity contribution in [2.24, 2.45) is 11.7 Å². The summed E-state index contributed by atoms with van der Waals surface area (Å²) in [6.07, 6.45) is -0.203. The Hall–Kier alpha value is -5.47. The van der Waals surface area contributed by atoms with Gasteiger partial charge < -0.3 is 10.5 Å². The number of hydrogen-bond acceptors (Lipinski definition) is 8. The van der Waals surface area contributed by atoms with Crippen LogP contribution in [-0.2, 0) is 17.8 Å². The van der Waals surface area contributed by atoms with Crippen molar-refractivity contribution < 1.29 is 31.9 Å². The topological polar surface area (TPSA) is 142 Å². The van der Waals surface area contributed by atoms with Crippen LogP contribution in [0.3, 0.4) is 0 Å². The van der Waals surface area contributed by atoms with Gasteiger partial charge in [-0.1, -0.05) is 23.4 Å². The standard InChI is InChI=1S/C31H24F4N8O3/c1-15(17-4-7-19(32)8-5-17)43-29-27(40-41-43)25(26(28(36)44)21(39-29)10-16-2-3-16)18-6-9-22-23(11-18)46-31(34,35)30(45)42(22)14-24-37-12-20(33)13-38-24/h4-9,11-13,15-16H,2-3,10,14H2,1H3,(H2,36,44)/t15-/m1/s1. The van der Waals surface area contributed by atoms with Crippen molar-refractivity contribution in [3.8, 4) is 16.9 Å². The first-order chi connectivity index (χ1) is 22.0. The van der Waals surface area contributed by atoms with Gasteiger partial charge in [0.25, 0.3) is 5.91 Å². The Bertz CT molecular complexity index is 2010. The molecular weight excluding hydrogens is 608 g/mol. The van der Waals surface area contributed by atoms with Crippen LogP contribution in [0.4, 0.5) is 23.2 Å². The molecule has 1 saturated carbocycles. The highest BCUT2D eigenvalue weighted by molar-refractivity contribution is 6.08. The molecule has 234 valence electrons. The monoisotopic (exact) mass is 632 g/mol. The number of aromatic nitrogens is 6. The molecule has 2 amide bonds.